The summed E-state index contributed by atoms with van der Waals surface area (Å²) in [6.45, 7) is 1.27. The first-order chi connectivity index (χ1) is 16.0. The van der Waals surface area contributed by atoms with Crippen molar-refractivity contribution >= 4 is 46.6 Å². The van der Waals surface area contributed by atoms with Crippen molar-refractivity contribution in [2.75, 3.05) is 25.1 Å². The van der Waals surface area contributed by atoms with Gasteiger partial charge >= 0.3 is 12.1 Å². The van der Waals surface area contributed by atoms with Crippen molar-refractivity contribution in [2.45, 2.75) is 44.4 Å². The van der Waals surface area contributed by atoms with Crippen LogP contribution in [-0.2, 0) is 27.2 Å². The quantitative estimate of drug-likeness (QED) is 0.490. The predicted molar refractivity (Wildman–Crippen MR) is 126 cm³/mol. The number of ether oxygens (including phenoxy) is 2. The van der Waals surface area contributed by atoms with Crippen molar-refractivity contribution in [3.8, 4) is 0 Å². The van der Waals surface area contributed by atoms with Crippen LogP contribution in [0.1, 0.15) is 40.1 Å². The number of alkyl carbamates (subject to hydrolysis) is 1. The number of nitrogens with zero attached hydrogens (tertiary/aromatic N) is 1. The zero-order valence-electron chi connectivity index (χ0n) is 18.3. The van der Waals surface area contributed by atoms with Gasteiger partial charge in [0.1, 0.15) is 6.04 Å². The van der Waals surface area contributed by atoms with Gasteiger partial charge in [-0.3, -0.25) is 4.79 Å². The van der Waals surface area contributed by atoms with Gasteiger partial charge in [-0.15, -0.1) is 11.3 Å². The van der Waals surface area contributed by atoms with Gasteiger partial charge in [-0.25, -0.2) is 9.59 Å². The topological polar surface area (TPSA) is 97.0 Å². The van der Waals surface area contributed by atoms with Crippen molar-refractivity contribution in [3.05, 3.63) is 50.7 Å². The maximum absolute atomic E-state index is 13.2. The Balaban J connectivity index is 1.34. The average Bonchev–Trinajstić information content (AvgIpc) is 3.44. The summed E-state index contributed by atoms with van der Waals surface area (Å²) in [4.78, 5) is 40.3. The van der Waals surface area contributed by atoms with Crippen LogP contribution < -0.4 is 15.5 Å². The second-order valence-corrected chi connectivity index (χ2v) is 9.47. The summed E-state index contributed by atoms with van der Waals surface area (Å²) in [5.74, 6) is -0.745. The van der Waals surface area contributed by atoms with Gasteiger partial charge in [0.05, 0.1) is 11.8 Å². The molecule has 1 saturated heterocycles. The molecule has 2 atom stereocenters. The van der Waals surface area contributed by atoms with Crippen molar-refractivity contribution in [1.29, 1.82) is 0 Å². The molecule has 33 heavy (non-hydrogen) atoms. The number of carbonyl (C=O) groups excluding carboxylic acids is 3. The monoisotopic (exact) mass is 491 g/mol. The van der Waals surface area contributed by atoms with E-state index in [-0.39, 0.29) is 18.6 Å². The number of methoxy groups -OCH3 is 1. The van der Waals surface area contributed by atoms with Crippen molar-refractivity contribution in [3.63, 3.8) is 0 Å². The van der Waals surface area contributed by atoms with E-state index < -0.39 is 18.1 Å². The van der Waals surface area contributed by atoms with Gasteiger partial charge in [-0.2, -0.15) is 0 Å². The molecule has 1 unspecified atom stereocenters. The average molecular weight is 492 g/mol. The molecule has 2 N–H and O–H groups in total. The van der Waals surface area contributed by atoms with Gasteiger partial charge in [-0.05, 0) is 48.4 Å². The van der Waals surface area contributed by atoms with Crippen LogP contribution in [0.5, 0.6) is 0 Å². The molecule has 2 aromatic rings. The fraction of sp³-hybridized carbons (Fsp3) is 0.435. The minimum atomic E-state index is -0.853. The van der Waals surface area contributed by atoms with Crippen LogP contribution in [0.4, 0.5) is 10.5 Å². The first-order valence-electron chi connectivity index (χ1n) is 10.9. The fourth-order valence-electron chi connectivity index (χ4n) is 4.06. The molecule has 0 aliphatic carbocycles. The molecule has 3 heterocycles. The van der Waals surface area contributed by atoms with E-state index in [0.29, 0.717) is 35.7 Å². The molecule has 1 aromatic heterocycles. The van der Waals surface area contributed by atoms with Crippen LogP contribution in [0.15, 0.2) is 29.6 Å². The molecule has 0 spiro atoms. The standard InChI is InChI=1S/C23H26ClN3O5S/c1-31-16-11-18(25-13-16)22(29)32-23(30)26-12-15-6-5-14(10-17(15)24)21(28)27-8-3-2-4-20-19(27)7-9-33-20/h5-7,9-10,16,18,25H,2-4,8,11-13H2,1H3,(H,26,30)/t16?,18-/m0/s1. The number of anilines is 1. The van der Waals surface area contributed by atoms with E-state index in [9.17, 15) is 14.4 Å². The Morgan fingerprint density at radius 2 is 2.12 bits per heavy atom. The highest BCUT2D eigenvalue weighted by atomic mass is 35.5. The number of fused-ring (bicyclic) bond motifs is 1. The molecule has 1 aromatic carbocycles. The first kappa shape index (κ1) is 23.7. The largest absolute Gasteiger partial charge is 0.415 e. The summed E-state index contributed by atoms with van der Waals surface area (Å²) in [6.07, 6.45) is 2.52. The molecule has 0 radical (unpaired) electrons. The second kappa shape index (κ2) is 10.6. The molecular formula is C23H26ClN3O5S. The number of rotatable bonds is 5. The highest BCUT2D eigenvalue weighted by Gasteiger charge is 2.31. The molecule has 4 rings (SSSR count). The summed E-state index contributed by atoms with van der Waals surface area (Å²) in [5, 5.41) is 7.86. The Morgan fingerprint density at radius 1 is 1.27 bits per heavy atom. The van der Waals surface area contributed by atoms with Gasteiger partial charge in [0, 0.05) is 48.6 Å². The lowest BCUT2D eigenvalue weighted by Crippen LogP contribution is -2.36. The molecule has 2 aliphatic heterocycles. The molecular weight excluding hydrogens is 466 g/mol. The maximum atomic E-state index is 13.2. The number of thiophene rings is 1. The molecule has 8 nitrogen and oxygen atoms in total. The minimum absolute atomic E-state index is 0.0661. The molecule has 2 amide bonds. The van der Waals surface area contributed by atoms with E-state index in [4.69, 9.17) is 21.1 Å². The van der Waals surface area contributed by atoms with Crippen molar-refractivity contribution in [1.82, 2.24) is 10.6 Å². The van der Waals surface area contributed by atoms with Crippen LogP contribution >= 0.6 is 22.9 Å². The Hall–Kier alpha value is -2.46. The van der Waals surface area contributed by atoms with Crippen molar-refractivity contribution in [2.24, 2.45) is 0 Å². The number of halogens is 1. The number of hydrogen-bond donors (Lipinski definition) is 2. The van der Waals surface area contributed by atoms with Gasteiger partial charge < -0.3 is 25.0 Å². The van der Waals surface area contributed by atoms with E-state index in [1.807, 2.05) is 16.3 Å². The zero-order chi connectivity index (χ0) is 23.4. The zero-order valence-corrected chi connectivity index (χ0v) is 19.8. The highest BCUT2D eigenvalue weighted by Crippen LogP contribution is 2.32. The van der Waals surface area contributed by atoms with Gasteiger partial charge in [-0.1, -0.05) is 17.7 Å². The summed E-state index contributed by atoms with van der Waals surface area (Å²) in [7, 11) is 1.57. The van der Waals surface area contributed by atoms with Gasteiger partial charge in [0.15, 0.2) is 0 Å². The Kier molecular flexibility index (Phi) is 7.64. The smallest absolute Gasteiger partial charge is 0.380 e. The van der Waals surface area contributed by atoms with E-state index in [2.05, 4.69) is 10.6 Å². The molecule has 0 bridgehead atoms. The molecule has 2 aliphatic rings. The Morgan fingerprint density at radius 3 is 2.88 bits per heavy atom. The number of hydrogen-bond acceptors (Lipinski definition) is 7. The summed E-state index contributed by atoms with van der Waals surface area (Å²) in [5.41, 5.74) is 2.08. The van der Waals surface area contributed by atoms with Crippen LogP contribution in [0.2, 0.25) is 5.02 Å². The summed E-state index contributed by atoms with van der Waals surface area (Å²) in [6, 6.07) is 6.43. The summed E-state index contributed by atoms with van der Waals surface area (Å²) >= 11 is 8.07. The third-order valence-electron chi connectivity index (χ3n) is 5.92. The lowest BCUT2D eigenvalue weighted by Gasteiger charge is -2.21. The van der Waals surface area contributed by atoms with E-state index in [1.165, 1.54) is 4.88 Å². The van der Waals surface area contributed by atoms with E-state index in [1.54, 1.807) is 36.6 Å². The minimum Gasteiger partial charge on any atom is -0.380 e. The highest BCUT2D eigenvalue weighted by molar-refractivity contribution is 7.10. The molecule has 10 heteroatoms. The Labute approximate surface area is 201 Å². The second-order valence-electron chi connectivity index (χ2n) is 8.07. The van der Waals surface area contributed by atoms with Crippen molar-refractivity contribution < 1.29 is 23.9 Å². The van der Waals surface area contributed by atoms with E-state index in [0.717, 1.165) is 24.9 Å². The summed E-state index contributed by atoms with van der Waals surface area (Å²) < 4.78 is 10.0. The van der Waals surface area contributed by atoms with Crippen LogP contribution in [0.25, 0.3) is 0 Å². The number of carbonyl (C=O) groups is 3. The SMILES string of the molecule is COC1CN[C@H](C(=O)OC(=O)NCc2ccc(C(=O)N3CCCCc4sccc43)cc2Cl)C1. The Bertz CT molecular complexity index is 1040. The maximum Gasteiger partial charge on any atom is 0.415 e. The third kappa shape index (κ3) is 5.55. The first-order valence-corrected chi connectivity index (χ1v) is 12.1. The molecule has 176 valence electrons. The van der Waals surface area contributed by atoms with E-state index >= 15 is 0 Å². The van der Waals surface area contributed by atoms with Crippen LogP contribution in [0, 0.1) is 0 Å². The third-order valence-corrected chi connectivity index (χ3v) is 7.24. The number of amides is 2. The van der Waals surface area contributed by atoms with Crippen LogP contribution in [-0.4, -0.2) is 50.3 Å². The molecule has 1 fully saturated rings. The fourth-order valence-corrected chi connectivity index (χ4v) is 5.23. The van der Waals surface area contributed by atoms with Gasteiger partial charge in [0.2, 0.25) is 0 Å². The number of benzene rings is 1. The predicted octanol–water partition coefficient (Wildman–Crippen LogP) is 3.51. The van der Waals surface area contributed by atoms with Gasteiger partial charge in [0.25, 0.3) is 5.91 Å². The lowest BCUT2D eigenvalue weighted by atomic mass is 10.1. The number of aryl methyl sites for hydroxylation is 1. The molecule has 0 saturated carbocycles. The number of esters is 1. The normalized spacial score (nSPS) is 20.1. The lowest BCUT2D eigenvalue weighted by molar-refractivity contribution is -0.139. The number of nitrogens with one attached hydrogen (secondary N) is 2. The van der Waals surface area contributed by atoms with Crippen LogP contribution in [0.3, 0.4) is 0 Å².